The SMILES string of the molecule is CCCCc1ccc(NC(=S)Nc2cnn(Cc3c(F)cccc3Cl)c2)cc1. The molecule has 1 heterocycles. The predicted molar refractivity (Wildman–Crippen MR) is 118 cm³/mol. The number of unbranched alkanes of at least 4 members (excludes halogenated alkanes) is 1. The number of anilines is 2. The molecule has 3 aromatic rings. The van der Waals surface area contributed by atoms with Crippen LogP contribution in [0.15, 0.2) is 54.9 Å². The zero-order valence-corrected chi connectivity index (χ0v) is 17.2. The summed E-state index contributed by atoms with van der Waals surface area (Å²) < 4.78 is 15.5. The molecule has 0 aliphatic rings. The minimum absolute atomic E-state index is 0.243. The van der Waals surface area contributed by atoms with Crippen LogP contribution in [0.3, 0.4) is 0 Å². The van der Waals surface area contributed by atoms with Crippen LogP contribution in [0, 0.1) is 5.82 Å². The van der Waals surface area contributed by atoms with Crippen molar-refractivity contribution in [3.8, 4) is 0 Å². The summed E-state index contributed by atoms with van der Waals surface area (Å²) in [7, 11) is 0. The Labute approximate surface area is 174 Å². The zero-order chi connectivity index (χ0) is 19.9. The Hall–Kier alpha value is -2.44. The molecule has 0 aliphatic heterocycles. The molecule has 7 heteroatoms. The highest BCUT2D eigenvalue weighted by Gasteiger charge is 2.09. The molecule has 0 atom stereocenters. The third-order valence-corrected chi connectivity index (χ3v) is 4.86. The fourth-order valence-corrected chi connectivity index (χ4v) is 3.25. The molecule has 0 fully saturated rings. The van der Waals surface area contributed by atoms with Gasteiger partial charge in [0, 0.05) is 22.5 Å². The van der Waals surface area contributed by atoms with E-state index in [1.807, 2.05) is 12.1 Å². The van der Waals surface area contributed by atoms with Gasteiger partial charge < -0.3 is 10.6 Å². The molecule has 3 rings (SSSR count). The number of halogens is 2. The van der Waals surface area contributed by atoms with Crippen molar-refractivity contribution in [2.75, 3.05) is 10.6 Å². The molecule has 4 nitrogen and oxygen atoms in total. The second-order valence-electron chi connectivity index (χ2n) is 6.51. The van der Waals surface area contributed by atoms with Crippen molar-refractivity contribution in [1.82, 2.24) is 9.78 Å². The van der Waals surface area contributed by atoms with Crippen LogP contribution in [0.4, 0.5) is 15.8 Å². The fraction of sp³-hybridized carbons (Fsp3) is 0.238. The van der Waals surface area contributed by atoms with E-state index in [-0.39, 0.29) is 12.4 Å². The van der Waals surface area contributed by atoms with Crippen molar-refractivity contribution < 1.29 is 4.39 Å². The smallest absolute Gasteiger partial charge is 0.175 e. The lowest BCUT2D eigenvalue weighted by Crippen LogP contribution is -2.18. The number of nitrogens with one attached hydrogen (secondary N) is 2. The van der Waals surface area contributed by atoms with Crippen LogP contribution in [-0.4, -0.2) is 14.9 Å². The molecule has 0 radical (unpaired) electrons. The Morgan fingerprint density at radius 1 is 1.14 bits per heavy atom. The summed E-state index contributed by atoms with van der Waals surface area (Å²) in [6.45, 7) is 2.43. The third kappa shape index (κ3) is 5.53. The van der Waals surface area contributed by atoms with Gasteiger partial charge in [-0.25, -0.2) is 4.39 Å². The van der Waals surface area contributed by atoms with Crippen LogP contribution >= 0.6 is 23.8 Å². The van der Waals surface area contributed by atoms with E-state index >= 15 is 0 Å². The van der Waals surface area contributed by atoms with E-state index in [4.69, 9.17) is 23.8 Å². The maximum atomic E-state index is 13.9. The molecular formula is C21H22ClFN4S. The molecule has 28 heavy (non-hydrogen) atoms. The first-order valence-electron chi connectivity index (χ1n) is 9.17. The van der Waals surface area contributed by atoms with Gasteiger partial charge >= 0.3 is 0 Å². The molecule has 0 saturated heterocycles. The standard InChI is InChI=1S/C21H22ClFN4S/c1-2-3-5-15-8-10-16(11-9-15)25-21(28)26-17-12-24-27(13-17)14-18-19(22)6-4-7-20(18)23/h4,6-13H,2-3,5,14H2,1H3,(H2,25,26,28). The quantitative estimate of drug-likeness (QED) is 0.472. The van der Waals surface area contributed by atoms with Gasteiger partial charge in [-0.3, -0.25) is 4.68 Å². The minimum atomic E-state index is -0.350. The molecule has 2 aromatic carbocycles. The van der Waals surface area contributed by atoms with Crippen LogP contribution < -0.4 is 10.6 Å². The van der Waals surface area contributed by atoms with Crippen LogP contribution in [0.1, 0.15) is 30.9 Å². The number of nitrogens with zero attached hydrogens (tertiary/aromatic N) is 2. The number of hydrogen-bond acceptors (Lipinski definition) is 2. The lowest BCUT2D eigenvalue weighted by atomic mass is 10.1. The Bertz CT molecular complexity index is 920. The van der Waals surface area contributed by atoms with E-state index in [0.717, 1.165) is 12.1 Å². The Kier molecular flexibility index (Phi) is 7.01. The largest absolute Gasteiger partial charge is 0.332 e. The van der Waals surface area contributed by atoms with Gasteiger partial charge in [-0.05, 0) is 54.9 Å². The van der Waals surface area contributed by atoms with E-state index in [2.05, 4.69) is 34.8 Å². The first-order valence-corrected chi connectivity index (χ1v) is 9.96. The number of aryl methyl sites for hydroxylation is 1. The highest BCUT2D eigenvalue weighted by molar-refractivity contribution is 7.80. The first kappa shape index (κ1) is 20.3. The Morgan fingerprint density at radius 2 is 1.89 bits per heavy atom. The predicted octanol–water partition coefficient (Wildman–Crippen LogP) is 5.88. The van der Waals surface area contributed by atoms with Crippen molar-refractivity contribution in [2.45, 2.75) is 32.7 Å². The van der Waals surface area contributed by atoms with Crippen molar-refractivity contribution in [2.24, 2.45) is 0 Å². The average molecular weight is 417 g/mol. The lowest BCUT2D eigenvalue weighted by molar-refractivity contribution is 0.585. The summed E-state index contributed by atoms with van der Waals surface area (Å²) in [5, 5.41) is 11.3. The third-order valence-electron chi connectivity index (χ3n) is 4.30. The number of benzene rings is 2. The summed E-state index contributed by atoms with van der Waals surface area (Å²) in [5.74, 6) is -0.350. The lowest BCUT2D eigenvalue weighted by Gasteiger charge is -2.10. The molecule has 0 spiro atoms. The Morgan fingerprint density at radius 3 is 2.61 bits per heavy atom. The highest BCUT2D eigenvalue weighted by Crippen LogP contribution is 2.20. The van der Waals surface area contributed by atoms with Crippen LogP contribution in [0.25, 0.3) is 0 Å². The molecule has 2 N–H and O–H groups in total. The van der Waals surface area contributed by atoms with Crippen molar-refractivity contribution in [3.05, 3.63) is 76.8 Å². The van der Waals surface area contributed by atoms with Crippen LogP contribution in [0.5, 0.6) is 0 Å². The summed E-state index contributed by atoms with van der Waals surface area (Å²) >= 11 is 11.4. The van der Waals surface area contributed by atoms with Gasteiger partial charge in [-0.15, -0.1) is 0 Å². The summed E-state index contributed by atoms with van der Waals surface area (Å²) in [5.41, 5.74) is 3.36. The van der Waals surface area contributed by atoms with Gasteiger partial charge in [0.15, 0.2) is 5.11 Å². The maximum absolute atomic E-state index is 13.9. The molecule has 0 unspecified atom stereocenters. The number of thiocarbonyl (C=S) groups is 1. The minimum Gasteiger partial charge on any atom is -0.332 e. The van der Waals surface area contributed by atoms with Gasteiger partial charge in [0.25, 0.3) is 0 Å². The first-order chi connectivity index (χ1) is 13.5. The van der Waals surface area contributed by atoms with Crippen molar-refractivity contribution in [3.63, 3.8) is 0 Å². The summed E-state index contributed by atoms with van der Waals surface area (Å²) in [4.78, 5) is 0. The molecule has 0 amide bonds. The monoisotopic (exact) mass is 416 g/mol. The van der Waals surface area contributed by atoms with E-state index in [1.165, 1.54) is 24.5 Å². The number of aromatic nitrogens is 2. The van der Waals surface area contributed by atoms with Gasteiger partial charge in [0.05, 0.1) is 18.4 Å². The maximum Gasteiger partial charge on any atom is 0.175 e. The average Bonchev–Trinajstić information content (AvgIpc) is 3.11. The van der Waals surface area contributed by atoms with Crippen LogP contribution in [-0.2, 0) is 13.0 Å². The molecule has 1 aromatic heterocycles. The van der Waals surface area contributed by atoms with Gasteiger partial charge in [0.1, 0.15) is 5.82 Å². The normalized spacial score (nSPS) is 10.7. The molecule has 0 saturated carbocycles. The van der Waals surface area contributed by atoms with Gasteiger partial charge in [-0.2, -0.15) is 5.10 Å². The second kappa shape index (κ2) is 9.66. The van der Waals surface area contributed by atoms with Crippen molar-refractivity contribution >= 4 is 40.3 Å². The summed E-state index contributed by atoms with van der Waals surface area (Å²) in [6, 6.07) is 12.9. The van der Waals surface area contributed by atoms with Crippen LogP contribution in [0.2, 0.25) is 5.02 Å². The highest BCUT2D eigenvalue weighted by atomic mass is 35.5. The molecule has 146 valence electrons. The molecule has 0 aliphatic carbocycles. The number of rotatable bonds is 7. The van der Waals surface area contributed by atoms with E-state index in [0.29, 0.717) is 21.4 Å². The van der Waals surface area contributed by atoms with E-state index in [1.54, 1.807) is 29.2 Å². The Balaban J connectivity index is 1.56. The van der Waals surface area contributed by atoms with E-state index < -0.39 is 0 Å². The van der Waals surface area contributed by atoms with Crippen molar-refractivity contribution in [1.29, 1.82) is 0 Å². The fourth-order valence-electron chi connectivity index (χ4n) is 2.79. The second-order valence-corrected chi connectivity index (χ2v) is 7.32. The molecule has 0 bridgehead atoms. The van der Waals surface area contributed by atoms with Gasteiger partial charge in [0.2, 0.25) is 0 Å². The topological polar surface area (TPSA) is 41.9 Å². The van der Waals surface area contributed by atoms with Gasteiger partial charge in [-0.1, -0.05) is 43.1 Å². The zero-order valence-electron chi connectivity index (χ0n) is 15.6. The van der Waals surface area contributed by atoms with E-state index in [9.17, 15) is 4.39 Å². The summed E-state index contributed by atoms with van der Waals surface area (Å²) in [6.07, 6.45) is 6.85. The number of hydrogen-bond donors (Lipinski definition) is 2. The molecular weight excluding hydrogens is 395 g/mol.